The van der Waals surface area contributed by atoms with Gasteiger partial charge in [-0.1, -0.05) is 42.5 Å². The quantitative estimate of drug-likeness (QED) is 0.506. The van der Waals surface area contributed by atoms with Crippen LogP contribution in [0.3, 0.4) is 0 Å². The number of aromatic nitrogens is 2. The Morgan fingerprint density at radius 3 is 2.58 bits per heavy atom. The molecule has 1 atom stereocenters. The number of ether oxygens (including phenoxy) is 2. The van der Waals surface area contributed by atoms with Crippen molar-refractivity contribution >= 4 is 29.5 Å². The number of aliphatic carboxylic acids is 1. The maximum absolute atomic E-state index is 13.0. The van der Waals surface area contributed by atoms with Crippen molar-refractivity contribution in [1.82, 2.24) is 9.78 Å². The number of allylic oxidation sites excluding steroid dienone is 2. The number of carbonyl (C=O) groups excluding carboxylic acids is 1. The maximum Gasteiger partial charge on any atom is 0.352 e. The predicted molar refractivity (Wildman–Crippen MR) is 124 cm³/mol. The van der Waals surface area contributed by atoms with Crippen molar-refractivity contribution < 1.29 is 24.2 Å². The Bertz CT molecular complexity index is 1250. The molecule has 1 amide bonds. The number of carboxylic acid groups (broad SMARTS) is 1. The molecule has 3 N–H and O–H groups in total. The first-order chi connectivity index (χ1) is 16.0. The van der Waals surface area contributed by atoms with Crippen molar-refractivity contribution in [3.05, 3.63) is 83.7 Å². The molecule has 0 saturated carbocycles. The number of fused-ring (bicyclic) bond motifs is 1. The molecule has 4 rings (SSSR count). The van der Waals surface area contributed by atoms with Gasteiger partial charge in [-0.15, -0.1) is 0 Å². The van der Waals surface area contributed by atoms with Crippen LogP contribution in [0.5, 0.6) is 11.5 Å². The molecule has 0 bridgehead atoms. The number of nitrogens with one attached hydrogen (secondary N) is 2. The Kier molecular flexibility index (Phi) is 6.12. The van der Waals surface area contributed by atoms with E-state index in [2.05, 4.69) is 15.7 Å². The van der Waals surface area contributed by atoms with Gasteiger partial charge in [0.05, 0.1) is 26.5 Å². The second-order valence-corrected chi connectivity index (χ2v) is 7.15. The average molecular weight is 446 g/mol. The van der Waals surface area contributed by atoms with E-state index in [1.54, 1.807) is 22.9 Å². The van der Waals surface area contributed by atoms with E-state index >= 15 is 0 Å². The molecule has 0 aliphatic carbocycles. The minimum atomic E-state index is -1.13. The molecule has 1 aliphatic heterocycles. The molecular formula is C24H22N4O5. The number of benzene rings is 2. The summed E-state index contributed by atoms with van der Waals surface area (Å²) in [5, 5.41) is 19.5. The standard InChI is InChI=1S/C24H22N4O5/c1-32-20-11-9-16(12-21(20)33-2)26-23(29)18-14-25-28-17(10-8-15-6-4-3-5-7-15)13-19(24(30)31)27-22(18)28/h3-14,17,27H,1-2H3,(H,26,29)(H,30,31). The smallest absolute Gasteiger partial charge is 0.352 e. The van der Waals surface area contributed by atoms with Crippen LogP contribution in [-0.2, 0) is 4.79 Å². The summed E-state index contributed by atoms with van der Waals surface area (Å²) in [6, 6.07) is 14.1. The van der Waals surface area contributed by atoms with Gasteiger partial charge in [0.25, 0.3) is 5.91 Å². The molecule has 0 spiro atoms. The van der Waals surface area contributed by atoms with Crippen LogP contribution >= 0.6 is 0 Å². The highest BCUT2D eigenvalue weighted by molar-refractivity contribution is 6.08. The third-order valence-corrected chi connectivity index (χ3v) is 5.07. The molecule has 1 aliphatic rings. The number of amides is 1. The van der Waals surface area contributed by atoms with Gasteiger partial charge in [0.1, 0.15) is 17.1 Å². The predicted octanol–water partition coefficient (Wildman–Crippen LogP) is 3.80. The van der Waals surface area contributed by atoms with Gasteiger partial charge in [0, 0.05) is 11.8 Å². The van der Waals surface area contributed by atoms with Crippen LogP contribution in [0.2, 0.25) is 0 Å². The monoisotopic (exact) mass is 446 g/mol. The zero-order valence-corrected chi connectivity index (χ0v) is 18.0. The number of rotatable bonds is 7. The Morgan fingerprint density at radius 1 is 1.12 bits per heavy atom. The second kappa shape index (κ2) is 9.31. The topological polar surface area (TPSA) is 115 Å². The summed E-state index contributed by atoms with van der Waals surface area (Å²) in [7, 11) is 3.03. The van der Waals surface area contributed by atoms with E-state index in [9.17, 15) is 14.7 Å². The van der Waals surface area contributed by atoms with Gasteiger partial charge in [-0.05, 0) is 23.8 Å². The van der Waals surface area contributed by atoms with Gasteiger partial charge in [-0.2, -0.15) is 5.10 Å². The molecule has 9 nitrogen and oxygen atoms in total. The number of hydrogen-bond acceptors (Lipinski definition) is 6. The lowest BCUT2D eigenvalue weighted by molar-refractivity contribution is -0.132. The van der Waals surface area contributed by atoms with Crippen LogP contribution in [-0.4, -0.2) is 41.0 Å². The lowest BCUT2D eigenvalue weighted by Crippen LogP contribution is -2.24. The molecule has 33 heavy (non-hydrogen) atoms. The largest absolute Gasteiger partial charge is 0.493 e. The summed E-state index contributed by atoms with van der Waals surface area (Å²) >= 11 is 0. The van der Waals surface area contributed by atoms with Crippen molar-refractivity contribution in [3.63, 3.8) is 0 Å². The number of anilines is 2. The zero-order valence-electron chi connectivity index (χ0n) is 18.0. The van der Waals surface area contributed by atoms with Gasteiger partial charge in [-0.3, -0.25) is 4.79 Å². The lowest BCUT2D eigenvalue weighted by Gasteiger charge is -2.22. The minimum absolute atomic E-state index is 0.0362. The van der Waals surface area contributed by atoms with Crippen molar-refractivity contribution in [1.29, 1.82) is 0 Å². The molecule has 1 aromatic heterocycles. The molecule has 1 unspecified atom stereocenters. The fourth-order valence-corrected chi connectivity index (χ4v) is 3.44. The highest BCUT2D eigenvalue weighted by Gasteiger charge is 2.27. The second-order valence-electron chi connectivity index (χ2n) is 7.15. The number of carboxylic acids is 1. The van der Waals surface area contributed by atoms with E-state index in [4.69, 9.17) is 9.47 Å². The van der Waals surface area contributed by atoms with E-state index in [0.717, 1.165) is 5.56 Å². The molecule has 0 radical (unpaired) electrons. The van der Waals surface area contributed by atoms with Crippen LogP contribution in [0.4, 0.5) is 11.5 Å². The summed E-state index contributed by atoms with van der Waals surface area (Å²) in [4.78, 5) is 24.7. The van der Waals surface area contributed by atoms with Crippen LogP contribution in [0.25, 0.3) is 6.08 Å². The molecule has 2 aromatic carbocycles. The molecule has 3 aromatic rings. The summed E-state index contributed by atoms with van der Waals surface area (Å²) in [5.41, 5.74) is 1.62. The highest BCUT2D eigenvalue weighted by atomic mass is 16.5. The maximum atomic E-state index is 13.0. The minimum Gasteiger partial charge on any atom is -0.493 e. The number of methoxy groups -OCH3 is 2. The van der Waals surface area contributed by atoms with Crippen molar-refractivity contribution in [2.45, 2.75) is 6.04 Å². The summed E-state index contributed by atoms with van der Waals surface area (Å²) in [6.45, 7) is 0. The Morgan fingerprint density at radius 2 is 1.88 bits per heavy atom. The molecule has 0 fully saturated rings. The molecule has 2 heterocycles. The van der Waals surface area contributed by atoms with Crippen LogP contribution in [0, 0.1) is 0 Å². The zero-order chi connectivity index (χ0) is 23.4. The van der Waals surface area contributed by atoms with E-state index in [1.165, 1.54) is 26.5 Å². The first-order valence-corrected chi connectivity index (χ1v) is 10.1. The molecular weight excluding hydrogens is 424 g/mol. The van der Waals surface area contributed by atoms with Gasteiger partial charge < -0.3 is 25.2 Å². The van der Waals surface area contributed by atoms with Gasteiger partial charge >= 0.3 is 5.97 Å². The number of nitrogens with zero attached hydrogens (tertiary/aromatic N) is 2. The number of hydrogen-bond donors (Lipinski definition) is 3. The first kappa shape index (κ1) is 21.7. The first-order valence-electron chi connectivity index (χ1n) is 10.1. The number of carbonyl (C=O) groups is 2. The van der Waals surface area contributed by atoms with Crippen molar-refractivity contribution in [3.8, 4) is 11.5 Å². The third kappa shape index (κ3) is 4.57. The van der Waals surface area contributed by atoms with Gasteiger partial charge in [-0.25, -0.2) is 9.48 Å². The van der Waals surface area contributed by atoms with Crippen LogP contribution < -0.4 is 20.1 Å². The van der Waals surface area contributed by atoms with Crippen LogP contribution in [0.15, 0.2) is 72.6 Å². The van der Waals surface area contributed by atoms with E-state index in [0.29, 0.717) is 17.2 Å². The van der Waals surface area contributed by atoms with Crippen LogP contribution in [0.1, 0.15) is 22.0 Å². The molecule has 9 heteroatoms. The highest BCUT2D eigenvalue weighted by Crippen LogP contribution is 2.32. The Hall–Kier alpha value is -4.53. The molecule has 0 saturated heterocycles. The fourth-order valence-electron chi connectivity index (χ4n) is 3.44. The summed E-state index contributed by atoms with van der Waals surface area (Å²) in [6.07, 6.45) is 6.64. The lowest BCUT2D eigenvalue weighted by atomic mass is 10.1. The van der Waals surface area contributed by atoms with Crippen molar-refractivity contribution in [2.24, 2.45) is 0 Å². The third-order valence-electron chi connectivity index (χ3n) is 5.07. The normalized spacial score (nSPS) is 14.7. The van der Waals surface area contributed by atoms with Gasteiger partial charge in [0.2, 0.25) is 0 Å². The summed E-state index contributed by atoms with van der Waals surface area (Å²) in [5.74, 6) is -0.298. The Labute approximate surface area is 189 Å². The van der Waals surface area contributed by atoms with E-state index < -0.39 is 17.9 Å². The summed E-state index contributed by atoms with van der Waals surface area (Å²) < 4.78 is 12.1. The van der Waals surface area contributed by atoms with E-state index in [1.807, 2.05) is 42.5 Å². The molecule has 168 valence electrons. The van der Waals surface area contributed by atoms with E-state index in [-0.39, 0.29) is 17.1 Å². The fraction of sp³-hybridized carbons (Fsp3) is 0.125. The SMILES string of the molecule is COc1ccc(NC(=O)c2cnn3c2NC(C(=O)O)=CC3C=Cc2ccccc2)cc1OC. The van der Waals surface area contributed by atoms with Crippen molar-refractivity contribution in [2.75, 3.05) is 24.9 Å². The Balaban J connectivity index is 1.63. The van der Waals surface area contributed by atoms with Gasteiger partial charge in [0.15, 0.2) is 11.5 Å². The average Bonchev–Trinajstić information content (AvgIpc) is 3.27.